The Kier molecular flexibility index (Phi) is 7.02. The Hall–Kier alpha value is -4.32. The van der Waals surface area contributed by atoms with Crippen LogP contribution in [0.2, 0.25) is 0 Å². The number of fused-ring (bicyclic) bond motifs is 4. The van der Waals surface area contributed by atoms with Gasteiger partial charge in [-0.3, -0.25) is 4.79 Å². The Morgan fingerprint density at radius 1 is 0.780 bits per heavy atom. The molecule has 1 aromatic heterocycles. The topological polar surface area (TPSA) is 68.6 Å². The highest BCUT2D eigenvalue weighted by molar-refractivity contribution is 6.25. The van der Waals surface area contributed by atoms with Gasteiger partial charge in [0.1, 0.15) is 28.4 Å². The van der Waals surface area contributed by atoms with Crippen molar-refractivity contribution in [3.63, 3.8) is 0 Å². The maximum Gasteiger partial charge on any atom is 0.366 e. The Labute approximate surface area is 295 Å². The fourth-order valence-corrected chi connectivity index (χ4v) is 9.06. The molecule has 5 aliphatic heterocycles. The molecule has 50 heavy (non-hydrogen) atoms. The second-order valence-electron chi connectivity index (χ2n) is 17.3. The average molecular weight is 671 g/mol. The quantitative estimate of drug-likeness (QED) is 0.217. The van der Waals surface area contributed by atoms with E-state index in [-0.39, 0.29) is 22.4 Å². The SMILES string of the molecule is CC(C)(C)C1=CC(=CC2=C(O)C(=Cc3cc(C(C)(C)C)[o+]c4c5c6c(cc34)CCCN6CCC5)C2=[OH+])c2cc3c4c(c2O1)CCCN4CCC3. The van der Waals surface area contributed by atoms with Crippen LogP contribution < -0.4 is 14.5 Å². The molecular formula is C44H50N2O4+2. The van der Waals surface area contributed by atoms with Crippen molar-refractivity contribution in [2.24, 2.45) is 5.41 Å². The number of rotatable bonds is 2. The molecule has 0 bridgehead atoms. The lowest BCUT2D eigenvalue weighted by Crippen LogP contribution is -2.35. The number of aliphatic hydroxyl groups is 1. The third kappa shape index (κ3) is 4.88. The lowest BCUT2D eigenvalue weighted by Gasteiger charge is -2.40. The van der Waals surface area contributed by atoms with Gasteiger partial charge in [-0.2, -0.15) is 0 Å². The van der Waals surface area contributed by atoms with Crippen LogP contribution in [-0.2, 0) is 31.1 Å². The summed E-state index contributed by atoms with van der Waals surface area (Å²) in [6, 6.07) is 6.72. The van der Waals surface area contributed by atoms with Crippen LogP contribution in [0.25, 0.3) is 22.6 Å². The van der Waals surface area contributed by atoms with Crippen LogP contribution in [0.1, 0.15) is 106 Å². The smallest absolute Gasteiger partial charge is 0.366 e. The normalized spacial score (nSPS) is 21.6. The van der Waals surface area contributed by atoms with Gasteiger partial charge >= 0.3 is 17.1 Å². The number of aryl methyl sites for hydroxylation is 3. The molecule has 0 radical (unpaired) electrons. The summed E-state index contributed by atoms with van der Waals surface area (Å²) < 4.78 is 13.5. The number of ether oxygens (including phenoxy) is 1. The first-order valence-corrected chi connectivity index (χ1v) is 18.9. The highest BCUT2D eigenvalue weighted by Crippen LogP contribution is 2.50. The molecule has 0 amide bonds. The number of anilines is 2. The van der Waals surface area contributed by atoms with Gasteiger partial charge in [-0.1, -0.05) is 20.8 Å². The van der Waals surface area contributed by atoms with Gasteiger partial charge in [0, 0.05) is 60.0 Å². The number of ketones is 1. The first-order chi connectivity index (χ1) is 23.9. The van der Waals surface area contributed by atoms with Crippen molar-refractivity contribution in [2.75, 3.05) is 36.0 Å². The van der Waals surface area contributed by atoms with Crippen LogP contribution in [-0.4, -0.2) is 41.9 Å². The zero-order chi connectivity index (χ0) is 34.7. The van der Waals surface area contributed by atoms with Crippen molar-refractivity contribution in [3.8, 4) is 5.75 Å². The number of nitrogens with zero attached hydrogens (tertiary/aromatic N) is 2. The third-order valence-corrected chi connectivity index (χ3v) is 11.7. The van der Waals surface area contributed by atoms with E-state index in [4.69, 9.17) is 9.15 Å². The van der Waals surface area contributed by atoms with E-state index in [1.54, 1.807) is 0 Å². The minimum absolute atomic E-state index is 0.121. The molecule has 6 heterocycles. The van der Waals surface area contributed by atoms with Gasteiger partial charge in [-0.25, -0.2) is 4.42 Å². The van der Waals surface area contributed by atoms with Crippen LogP contribution >= 0.6 is 0 Å². The number of hydrogen-bond acceptors (Lipinski definition) is 4. The van der Waals surface area contributed by atoms with Gasteiger partial charge in [-0.05, 0) is 119 Å². The van der Waals surface area contributed by atoms with Crippen LogP contribution in [0.5, 0.6) is 5.75 Å². The standard InChI is InChI=1S/C44H48N2O4/c1-43(2,3)35-23-27(31-19-25-11-7-15-45-17-9-13-29(37(25)45)41(31)49-35)21-33-39(47)34(40(33)48)22-28-24-36(44(4,5)6)50-42-30-14-10-18-46-16-8-12-26(38(30)46)20-32(28)42/h19-24H,7-18H2,1-6H3/p+2. The molecule has 1 aliphatic carbocycles. The van der Waals surface area contributed by atoms with Gasteiger partial charge < -0.3 is 19.6 Å². The Morgan fingerprint density at radius 2 is 1.40 bits per heavy atom. The van der Waals surface area contributed by atoms with E-state index in [1.165, 1.54) is 33.6 Å². The summed E-state index contributed by atoms with van der Waals surface area (Å²) in [6.07, 6.45) is 14.7. The predicted octanol–water partition coefficient (Wildman–Crippen LogP) is 9.57. The van der Waals surface area contributed by atoms with Crippen molar-refractivity contribution in [3.05, 3.63) is 92.2 Å². The zero-order valence-corrected chi connectivity index (χ0v) is 30.6. The van der Waals surface area contributed by atoms with E-state index in [1.807, 2.05) is 12.2 Å². The fourth-order valence-electron chi connectivity index (χ4n) is 9.06. The summed E-state index contributed by atoms with van der Waals surface area (Å²) in [5, 5.41) is 12.7. The Balaban J connectivity index is 1.19. The van der Waals surface area contributed by atoms with Gasteiger partial charge in [-0.15, -0.1) is 0 Å². The molecule has 0 unspecified atom stereocenters. The molecule has 6 heteroatoms. The van der Waals surface area contributed by atoms with Crippen molar-refractivity contribution in [2.45, 2.75) is 98.3 Å². The molecule has 0 fully saturated rings. The van der Waals surface area contributed by atoms with Gasteiger partial charge in [0.15, 0.2) is 0 Å². The molecule has 0 spiro atoms. The van der Waals surface area contributed by atoms with Crippen LogP contribution in [0.3, 0.4) is 0 Å². The number of aliphatic hydroxyl groups excluding tert-OH is 1. The van der Waals surface area contributed by atoms with E-state index in [0.717, 1.165) is 122 Å². The maximum absolute atomic E-state index is 11.7. The van der Waals surface area contributed by atoms with E-state index in [2.05, 4.69) is 75.6 Å². The molecule has 2 N–H and O–H groups in total. The van der Waals surface area contributed by atoms with Gasteiger partial charge in [0.05, 0.1) is 22.1 Å². The maximum atomic E-state index is 11.7. The van der Waals surface area contributed by atoms with Gasteiger partial charge in [0.2, 0.25) is 0 Å². The lowest BCUT2D eigenvalue weighted by molar-refractivity contribution is 0.288. The molecule has 0 saturated carbocycles. The number of carbonyl (C=O) groups excluding carboxylic acids is 1. The summed E-state index contributed by atoms with van der Waals surface area (Å²) >= 11 is 0. The Morgan fingerprint density at radius 3 is 2.04 bits per heavy atom. The highest BCUT2D eigenvalue weighted by Gasteiger charge is 2.42. The van der Waals surface area contributed by atoms with Gasteiger partial charge in [0.25, 0.3) is 0 Å². The molecule has 6 aliphatic rings. The molecular weight excluding hydrogens is 620 g/mol. The number of hydrogen-bond donors (Lipinski definition) is 1. The molecule has 6 nitrogen and oxygen atoms in total. The minimum atomic E-state index is -0.208. The Bertz CT molecular complexity index is 2150. The molecule has 0 atom stereocenters. The molecule has 258 valence electrons. The number of allylic oxidation sites excluding steroid dienone is 6. The molecule has 3 aromatic rings. The predicted molar refractivity (Wildman–Crippen MR) is 204 cm³/mol. The van der Waals surface area contributed by atoms with E-state index < -0.39 is 0 Å². The van der Waals surface area contributed by atoms with Crippen molar-refractivity contribution >= 4 is 39.8 Å². The number of benzene rings is 2. The largest absolute Gasteiger partial charge is 0.506 e. The third-order valence-electron chi connectivity index (χ3n) is 11.7. The summed E-state index contributed by atoms with van der Waals surface area (Å²) in [4.78, 5) is 16.8. The monoisotopic (exact) mass is 670 g/mol. The van der Waals surface area contributed by atoms with E-state index >= 15 is 0 Å². The second-order valence-corrected chi connectivity index (χ2v) is 17.3. The summed E-state index contributed by atoms with van der Waals surface area (Å²) in [6.45, 7) is 17.5. The molecule has 9 rings (SSSR count). The van der Waals surface area contributed by atoms with E-state index in [9.17, 15) is 9.90 Å². The summed E-state index contributed by atoms with van der Waals surface area (Å²) in [5.74, 6) is 2.99. The van der Waals surface area contributed by atoms with Crippen LogP contribution in [0.4, 0.5) is 11.4 Å². The van der Waals surface area contributed by atoms with Crippen molar-refractivity contribution in [1.29, 1.82) is 0 Å². The van der Waals surface area contributed by atoms with Crippen molar-refractivity contribution < 1.29 is 19.1 Å². The van der Waals surface area contributed by atoms with Crippen molar-refractivity contribution in [1.82, 2.24) is 0 Å². The average Bonchev–Trinajstić information content (AvgIpc) is 3.09. The minimum Gasteiger partial charge on any atom is -0.506 e. The molecule has 2 aromatic carbocycles. The highest BCUT2D eigenvalue weighted by atomic mass is 16.5. The first-order valence-electron chi connectivity index (χ1n) is 18.9. The fraction of sp³-hybridized carbons (Fsp3) is 0.455. The van der Waals surface area contributed by atoms with Crippen LogP contribution in [0, 0.1) is 5.41 Å². The van der Waals surface area contributed by atoms with Crippen LogP contribution in [0.15, 0.2) is 57.4 Å². The zero-order valence-electron chi connectivity index (χ0n) is 30.6. The summed E-state index contributed by atoms with van der Waals surface area (Å²) in [7, 11) is 0. The summed E-state index contributed by atoms with van der Waals surface area (Å²) in [5.41, 5.74) is 12.6. The molecule has 0 saturated heterocycles. The lowest BCUT2D eigenvalue weighted by atomic mass is 9.81. The first kappa shape index (κ1) is 31.6. The van der Waals surface area contributed by atoms with E-state index in [0.29, 0.717) is 11.1 Å². The second kappa shape index (κ2) is 11.1.